The molecule has 0 fully saturated rings. The average Bonchev–Trinajstić information content (AvgIpc) is 2.22. The van der Waals surface area contributed by atoms with E-state index in [0.717, 1.165) is 10.2 Å². The van der Waals surface area contributed by atoms with Crippen LogP contribution in [0.25, 0.3) is 0 Å². The van der Waals surface area contributed by atoms with Gasteiger partial charge in [-0.25, -0.2) is 0 Å². The third-order valence-electron chi connectivity index (χ3n) is 1.91. The number of carbonyl (C=O) groups is 1. The number of rotatable bonds is 4. The summed E-state index contributed by atoms with van der Waals surface area (Å²) in [4.78, 5) is 10.9. The first-order chi connectivity index (χ1) is 7.54. The fraction of sp³-hybridized carbons (Fsp3) is 0.0909. The highest BCUT2D eigenvalue weighted by atomic mass is 79.9. The minimum absolute atomic E-state index is 0.275. The van der Waals surface area contributed by atoms with Crippen molar-refractivity contribution in [3.8, 4) is 6.07 Å². The normalized spacial score (nSPS) is 11.2. The van der Waals surface area contributed by atoms with Crippen LogP contribution in [0.2, 0.25) is 0 Å². The Hall–Kier alpha value is -1.80. The van der Waals surface area contributed by atoms with Gasteiger partial charge in [-0.15, -0.1) is 0 Å². The first-order valence-corrected chi connectivity index (χ1v) is 5.24. The van der Waals surface area contributed by atoms with Gasteiger partial charge in [0.05, 0.1) is 6.07 Å². The number of carbonyl (C=O) groups excluding carboxylic acids is 1. The number of hydrogen-bond donors (Lipinski definition) is 2. The van der Waals surface area contributed by atoms with Gasteiger partial charge < -0.3 is 11.1 Å². The van der Waals surface area contributed by atoms with Crippen LogP contribution in [0.15, 0.2) is 41.0 Å². The van der Waals surface area contributed by atoms with Crippen molar-refractivity contribution in [1.82, 2.24) is 0 Å². The van der Waals surface area contributed by atoms with Gasteiger partial charge in [-0.3, -0.25) is 4.79 Å². The third-order valence-corrected chi connectivity index (χ3v) is 2.44. The predicted octanol–water partition coefficient (Wildman–Crippen LogP) is 2.00. The number of primary amides is 1. The summed E-state index contributed by atoms with van der Waals surface area (Å²) in [6, 6.07) is 9.05. The molecule has 0 aromatic heterocycles. The number of hydrogen-bond acceptors (Lipinski definition) is 3. The molecule has 1 atom stereocenters. The fourth-order valence-electron chi connectivity index (χ4n) is 1.10. The zero-order chi connectivity index (χ0) is 12.1. The number of amides is 1. The molecular weight excluding hydrogens is 270 g/mol. The molecule has 0 heterocycles. The Morgan fingerprint density at radius 1 is 1.50 bits per heavy atom. The van der Waals surface area contributed by atoms with Crippen molar-refractivity contribution in [1.29, 1.82) is 5.26 Å². The molecule has 0 radical (unpaired) electrons. The lowest BCUT2D eigenvalue weighted by Gasteiger charge is -2.11. The van der Waals surface area contributed by atoms with Gasteiger partial charge in [0.1, 0.15) is 0 Å². The van der Waals surface area contributed by atoms with Gasteiger partial charge in [-0.2, -0.15) is 5.26 Å². The largest absolute Gasteiger partial charge is 0.368 e. The summed E-state index contributed by atoms with van der Waals surface area (Å²) < 4.78 is 0.940. The van der Waals surface area contributed by atoms with E-state index in [9.17, 15) is 4.79 Å². The number of halogens is 1. The standard InChI is InChI=1S/C11H10BrN3O/c1-7(10(6-13)11(14)16)15-9-4-2-8(12)3-5-9/h2-5,10,15H,1H2,(H2,14,16)/t10-/m1/s1. The molecule has 16 heavy (non-hydrogen) atoms. The van der Waals surface area contributed by atoms with E-state index >= 15 is 0 Å². The van der Waals surface area contributed by atoms with E-state index in [1.54, 1.807) is 18.2 Å². The molecule has 4 nitrogen and oxygen atoms in total. The molecule has 0 aliphatic heterocycles. The highest BCUT2D eigenvalue weighted by Crippen LogP contribution is 2.17. The molecule has 82 valence electrons. The molecule has 5 heteroatoms. The van der Waals surface area contributed by atoms with Crippen LogP contribution in [0.4, 0.5) is 5.69 Å². The smallest absolute Gasteiger partial charge is 0.240 e. The summed E-state index contributed by atoms with van der Waals surface area (Å²) in [5.74, 6) is -1.74. The molecule has 0 saturated carbocycles. The van der Waals surface area contributed by atoms with E-state index in [1.807, 2.05) is 12.1 Å². The Morgan fingerprint density at radius 2 is 2.06 bits per heavy atom. The molecule has 0 aliphatic carbocycles. The predicted molar refractivity (Wildman–Crippen MR) is 65.2 cm³/mol. The molecule has 0 spiro atoms. The molecule has 1 aromatic carbocycles. The minimum atomic E-state index is -1.02. The number of benzene rings is 1. The number of nitriles is 1. The van der Waals surface area contributed by atoms with E-state index in [1.165, 1.54) is 0 Å². The molecule has 3 N–H and O–H groups in total. The van der Waals surface area contributed by atoms with Crippen LogP contribution in [-0.4, -0.2) is 5.91 Å². The monoisotopic (exact) mass is 279 g/mol. The van der Waals surface area contributed by atoms with Crippen molar-refractivity contribution in [3.63, 3.8) is 0 Å². The van der Waals surface area contributed by atoms with Gasteiger partial charge >= 0.3 is 0 Å². The Bertz CT molecular complexity index is 447. The third kappa shape index (κ3) is 3.11. The maximum Gasteiger partial charge on any atom is 0.240 e. The van der Waals surface area contributed by atoms with Crippen LogP contribution in [0.1, 0.15) is 0 Å². The van der Waals surface area contributed by atoms with Crippen LogP contribution in [0.3, 0.4) is 0 Å². The van der Waals surface area contributed by atoms with Crippen molar-refractivity contribution >= 4 is 27.5 Å². The van der Waals surface area contributed by atoms with E-state index < -0.39 is 11.8 Å². The van der Waals surface area contributed by atoms with E-state index in [0.29, 0.717) is 0 Å². The van der Waals surface area contributed by atoms with Gasteiger partial charge in [-0.1, -0.05) is 22.5 Å². The lowest BCUT2D eigenvalue weighted by atomic mass is 10.1. The van der Waals surface area contributed by atoms with Crippen LogP contribution in [-0.2, 0) is 4.79 Å². The Morgan fingerprint density at radius 3 is 2.50 bits per heavy atom. The van der Waals surface area contributed by atoms with Gasteiger partial charge in [0.2, 0.25) is 5.91 Å². The molecule has 1 amide bonds. The number of nitrogens with zero attached hydrogens (tertiary/aromatic N) is 1. The molecule has 0 aliphatic rings. The molecule has 0 unspecified atom stereocenters. The number of nitrogens with one attached hydrogen (secondary N) is 1. The van der Waals surface area contributed by atoms with Gasteiger partial charge in [0.25, 0.3) is 0 Å². The second kappa shape index (κ2) is 5.33. The summed E-state index contributed by atoms with van der Waals surface area (Å²) in [7, 11) is 0. The number of anilines is 1. The van der Waals surface area contributed by atoms with Gasteiger partial charge in [-0.05, 0) is 24.3 Å². The van der Waals surface area contributed by atoms with Gasteiger partial charge in [0, 0.05) is 15.9 Å². The zero-order valence-electron chi connectivity index (χ0n) is 8.40. The summed E-state index contributed by atoms with van der Waals surface area (Å²) in [5, 5.41) is 11.6. The Kier molecular flexibility index (Phi) is 4.09. The van der Waals surface area contributed by atoms with Crippen molar-refractivity contribution in [2.75, 3.05) is 5.32 Å². The molecule has 0 saturated heterocycles. The Balaban J connectivity index is 2.75. The maximum atomic E-state index is 10.9. The number of nitrogens with two attached hydrogens (primary N) is 1. The topological polar surface area (TPSA) is 78.9 Å². The maximum absolute atomic E-state index is 10.9. The summed E-state index contributed by atoms with van der Waals surface area (Å²) >= 11 is 3.30. The second-order valence-electron chi connectivity index (χ2n) is 3.12. The van der Waals surface area contributed by atoms with Crippen LogP contribution in [0.5, 0.6) is 0 Å². The highest BCUT2D eigenvalue weighted by molar-refractivity contribution is 9.10. The van der Waals surface area contributed by atoms with Crippen LogP contribution >= 0.6 is 15.9 Å². The SMILES string of the molecule is C=C(Nc1ccc(Br)cc1)[C@@H](C#N)C(N)=O. The fourth-order valence-corrected chi connectivity index (χ4v) is 1.37. The van der Waals surface area contributed by atoms with E-state index in [-0.39, 0.29) is 5.70 Å². The van der Waals surface area contributed by atoms with Crippen LogP contribution < -0.4 is 11.1 Å². The molecular formula is C11H10BrN3O. The lowest BCUT2D eigenvalue weighted by Crippen LogP contribution is -2.26. The summed E-state index contributed by atoms with van der Waals surface area (Å²) in [6.07, 6.45) is 0. The first kappa shape index (κ1) is 12.3. The summed E-state index contributed by atoms with van der Waals surface area (Å²) in [5.41, 5.74) is 6.08. The lowest BCUT2D eigenvalue weighted by molar-refractivity contribution is -0.119. The Labute approximate surface area is 102 Å². The first-order valence-electron chi connectivity index (χ1n) is 4.45. The van der Waals surface area contributed by atoms with Crippen molar-refractivity contribution in [3.05, 3.63) is 41.0 Å². The minimum Gasteiger partial charge on any atom is -0.368 e. The van der Waals surface area contributed by atoms with E-state index in [2.05, 4.69) is 27.8 Å². The molecule has 1 aromatic rings. The highest BCUT2D eigenvalue weighted by Gasteiger charge is 2.17. The average molecular weight is 280 g/mol. The van der Waals surface area contributed by atoms with Crippen molar-refractivity contribution in [2.45, 2.75) is 0 Å². The zero-order valence-corrected chi connectivity index (χ0v) is 9.99. The van der Waals surface area contributed by atoms with E-state index in [4.69, 9.17) is 11.0 Å². The van der Waals surface area contributed by atoms with Crippen molar-refractivity contribution < 1.29 is 4.79 Å². The second-order valence-corrected chi connectivity index (χ2v) is 4.04. The quantitative estimate of drug-likeness (QED) is 0.885. The summed E-state index contributed by atoms with van der Waals surface area (Å²) in [6.45, 7) is 3.62. The van der Waals surface area contributed by atoms with Crippen LogP contribution in [0, 0.1) is 17.2 Å². The molecule has 1 rings (SSSR count). The molecule has 0 bridgehead atoms. The van der Waals surface area contributed by atoms with Crippen molar-refractivity contribution in [2.24, 2.45) is 11.7 Å². The van der Waals surface area contributed by atoms with Gasteiger partial charge in [0.15, 0.2) is 5.92 Å².